The van der Waals surface area contributed by atoms with E-state index in [-0.39, 0.29) is 5.91 Å². The van der Waals surface area contributed by atoms with Gasteiger partial charge in [0.15, 0.2) is 0 Å². The van der Waals surface area contributed by atoms with Crippen molar-refractivity contribution in [3.8, 4) is 0 Å². The molecule has 0 unspecified atom stereocenters. The molecule has 5 heteroatoms. The lowest BCUT2D eigenvalue weighted by atomic mass is 10.1. The summed E-state index contributed by atoms with van der Waals surface area (Å²) in [5.74, 6) is 0.295. The van der Waals surface area contributed by atoms with Gasteiger partial charge in [-0.1, -0.05) is 25.1 Å². The molecule has 2 heterocycles. The summed E-state index contributed by atoms with van der Waals surface area (Å²) in [4.78, 5) is 15.2. The van der Waals surface area contributed by atoms with Crippen LogP contribution < -0.4 is 5.43 Å². The zero-order valence-electron chi connectivity index (χ0n) is 12.5. The average Bonchev–Trinajstić information content (AvgIpc) is 3.13. The lowest BCUT2D eigenvalue weighted by Gasteiger charge is -1.99. The lowest BCUT2D eigenvalue weighted by Crippen LogP contribution is -2.17. The van der Waals surface area contributed by atoms with Gasteiger partial charge in [-0.25, -0.2) is 5.43 Å². The molecule has 0 fully saturated rings. The molecule has 3 rings (SSSR count). The minimum absolute atomic E-state index is 0.281. The first-order valence-electron chi connectivity index (χ1n) is 7.17. The number of hydrazone groups is 1. The van der Waals surface area contributed by atoms with Crippen molar-refractivity contribution in [2.24, 2.45) is 5.10 Å². The number of H-pyrrole nitrogens is 1. The summed E-state index contributed by atoms with van der Waals surface area (Å²) in [5.41, 5.74) is 6.32. The maximum atomic E-state index is 11.9. The van der Waals surface area contributed by atoms with Crippen molar-refractivity contribution in [3.05, 3.63) is 59.2 Å². The quantitative estimate of drug-likeness (QED) is 0.572. The van der Waals surface area contributed by atoms with Crippen molar-refractivity contribution in [3.63, 3.8) is 0 Å². The molecule has 0 aliphatic carbocycles. The van der Waals surface area contributed by atoms with Gasteiger partial charge < -0.3 is 9.40 Å². The Morgan fingerprint density at radius 1 is 1.41 bits per heavy atom. The van der Waals surface area contributed by atoms with Crippen molar-refractivity contribution >= 4 is 23.0 Å². The Hall–Kier alpha value is -2.82. The van der Waals surface area contributed by atoms with Crippen molar-refractivity contribution in [1.29, 1.82) is 0 Å². The smallest absolute Gasteiger partial charge is 0.274 e. The Labute approximate surface area is 128 Å². The molecule has 1 aromatic carbocycles. The Kier molecular flexibility index (Phi) is 3.78. The molecule has 0 saturated carbocycles. The van der Waals surface area contributed by atoms with Crippen LogP contribution in [0.15, 0.2) is 46.2 Å². The van der Waals surface area contributed by atoms with Crippen LogP contribution in [0.3, 0.4) is 0 Å². The van der Waals surface area contributed by atoms with Crippen molar-refractivity contribution in [1.82, 2.24) is 10.4 Å². The van der Waals surface area contributed by atoms with E-state index in [1.165, 1.54) is 11.8 Å². The largest absolute Gasteiger partial charge is 0.469 e. The van der Waals surface area contributed by atoms with Gasteiger partial charge >= 0.3 is 0 Å². The summed E-state index contributed by atoms with van der Waals surface area (Å²) in [7, 11) is 0. The third kappa shape index (κ3) is 2.53. The second-order valence-electron chi connectivity index (χ2n) is 5.03. The summed E-state index contributed by atoms with van der Waals surface area (Å²) < 4.78 is 5.10. The fourth-order valence-corrected chi connectivity index (χ4v) is 2.48. The second kappa shape index (κ2) is 5.89. The highest BCUT2D eigenvalue weighted by atomic mass is 16.3. The van der Waals surface area contributed by atoms with Crippen LogP contribution in [0, 0.1) is 6.92 Å². The minimum atomic E-state index is -0.281. The molecular formula is C17H17N3O2. The molecule has 3 aromatic rings. The highest BCUT2D eigenvalue weighted by Gasteiger charge is 2.10. The van der Waals surface area contributed by atoms with E-state index in [1.807, 2.05) is 18.3 Å². The average molecular weight is 295 g/mol. The molecule has 2 aromatic heterocycles. The maximum absolute atomic E-state index is 11.9. The number of nitrogens with zero attached hydrogens (tertiary/aromatic N) is 1. The highest BCUT2D eigenvalue weighted by Crippen LogP contribution is 2.20. The fourth-order valence-electron chi connectivity index (χ4n) is 2.48. The summed E-state index contributed by atoms with van der Waals surface area (Å²) >= 11 is 0. The number of benzene rings is 1. The van der Waals surface area contributed by atoms with E-state index >= 15 is 0 Å². The Morgan fingerprint density at radius 2 is 2.27 bits per heavy atom. The number of rotatable bonds is 4. The third-order valence-corrected chi connectivity index (χ3v) is 3.69. The van der Waals surface area contributed by atoms with Crippen LogP contribution in [0.4, 0.5) is 0 Å². The third-order valence-electron chi connectivity index (χ3n) is 3.69. The monoisotopic (exact) mass is 295 g/mol. The maximum Gasteiger partial charge on any atom is 0.274 e. The number of amides is 1. The van der Waals surface area contributed by atoms with Gasteiger partial charge in [0, 0.05) is 22.7 Å². The van der Waals surface area contributed by atoms with Crippen LogP contribution in [0.5, 0.6) is 0 Å². The highest BCUT2D eigenvalue weighted by molar-refractivity contribution is 6.01. The molecule has 0 radical (unpaired) electrons. The van der Waals surface area contributed by atoms with E-state index in [1.54, 1.807) is 19.2 Å². The van der Waals surface area contributed by atoms with Crippen molar-refractivity contribution < 1.29 is 9.21 Å². The summed E-state index contributed by atoms with van der Waals surface area (Å²) in [6, 6.07) is 7.79. The number of para-hydroxylation sites is 1. The standard InChI is InChI=1S/C17H17N3O2/c1-3-12-5-4-6-15-13(9-18-16(12)15)10-19-20-17(21)14-7-8-22-11(14)2/h4-10,18H,3H2,1-2H3,(H,20,21). The van der Waals surface area contributed by atoms with Gasteiger partial charge in [0.05, 0.1) is 18.0 Å². The van der Waals surface area contributed by atoms with Crippen LogP contribution in [0.2, 0.25) is 0 Å². The van der Waals surface area contributed by atoms with Gasteiger partial charge in [-0.3, -0.25) is 4.79 Å². The topological polar surface area (TPSA) is 70.4 Å². The van der Waals surface area contributed by atoms with Crippen LogP contribution in [0.25, 0.3) is 10.9 Å². The normalized spacial score (nSPS) is 11.4. The molecule has 0 bridgehead atoms. The number of fused-ring (bicyclic) bond motifs is 1. The predicted octanol–water partition coefficient (Wildman–Crippen LogP) is 3.40. The number of carbonyl (C=O) groups excluding carboxylic acids is 1. The van der Waals surface area contributed by atoms with Gasteiger partial charge in [0.2, 0.25) is 0 Å². The predicted molar refractivity (Wildman–Crippen MR) is 86.2 cm³/mol. The van der Waals surface area contributed by atoms with E-state index in [0.29, 0.717) is 11.3 Å². The second-order valence-corrected chi connectivity index (χ2v) is 5.03. The summed E-state index contributed by atoms with van der Waals surface area (Å²) in [5, 5.41) is 5.12. The zero-order valence-corrected chi connectivity index (χ0v) is 12.5. The fraction of sp³-hybridized carbons (Fsp3) is 0.176. The van der Waals surface area contributed by atoms with Gasteiger partial charge in [-0.05, 0) is 25.0 Å². The van der Waals surface area contributed by atoms with Gasteiger partial charge in [0.25, 0.3) is 5.91 Å². The number of aromatic amines is 1. The first-order chi connectivity index (χ1) is 10.7. The number of furan rings is 1. The number of carbonyl (C=O) groups is 1. The van der Waals surface area contributed by atoms with E-state index in [2.05, 4.69) is 28.5 Å². The van der Waals surface area contributed by atoms with Crippen LogP contribution in [0.1, 0.15) is 34.2 Å². The zero-order chi connectivity index (χ0) is 15.5. The SMILES string of the molecule is CCc1cccc2c(C=NNC(=O)c3ccoc3C)c[nH]c12. The molecule has 22 heavy (non-hydrogen) atoms. The molecule has 1 amide bonds. The first-order valence-corrected chi connectivity index (χ1v) is 7.17. The molecule has 112 valence electrons. The Balaban J connectivity index is 1.79. The number of hydrogen-bond acceptors (Lipinski definition) is 3. The number of hydrogen-bond donors (Lipinski definition) is 2. The van der Waals surface area contributed by atoms with Crippen LogP contribution in [-0.2, 0) is 6.42 Å². The minimum Gasteiger partial charge on any atom is -0.469 e. The van der Waals surface area contributed by atoms with E-state index in [0.717, 1.165) is 22.9 Å². The molecule has 0 spiro atoms. The molecule has 2 N–H and O–H groups in total. The Morgan fingerprint density at radius 3 is 3.00 bits per heavy atom. The number of aromatic nitrogens is 1. The van der Waals surface area contributed by atoms with Crippen LogP contribution in [-0.4, -0.2) is 17.1 Å². The molecule has 0 aliphatic heterocycles. The van der Waals surface area contributed by atoms with E-state index < -0.39 is 0 Å². The van der Waals surface area contributed by atoms with E-state index in [9.17, 15) is 4.79 Å². The van der Waals surface area contributed by atoms with Crippen molar-refractivity contribution in [2.75, 3.05) is 0 Å². The van der Waals surface area contributed by atoms with Crippen LogP contribution >= 0.6 is 0 Å². The molecular weight excluding hydrogens is 278 g/mol. The van der Waals surface area contributed by atoms with Gasteiger partial charge in [-0.15, -0.1) is 0 Å². The molecule has 0 atom stereocenters. The van der Waals surface area contributed by atoms with Gasteiger partial charge in [-0.2, -0.15) is 5.10 Å². The van der Waals surface area contributed by atoms with E-state index in [4.69, 9.17) is 4.42 Å². The summed E-state index contributed by atoms with van der Waals surface area (Å²) in [6.45, 7) is 3.86. The number of nitrogens with one attached hydrogen (secondary N) is 2. The molecule has 0 aliphatic rings. The van der Waals surface area contributed by atoms with Gasteiger partial charge in [0.1, 0.15) is 5.76 Å². The molecule has 5 nitrogen and oxygen atoms in total. The number of aryl methyl sites for hydroxylation is 2. The lowest BCUT2D eigenvalue weighted by molar-refractivity contribution is 0.0953. The molecule has 0 saturated heterocycles. The first kappa shape index (κ1) is 14.1. The van der Waals surface area contributed by atoms with Crippen molar-refractivity contribution in [2.45, 2.75) is 20.3 Å². The summed E-state index contributed by atoms with van der Waals surface area (Å²) in [6.07, 6.45) is 5.99. The Bertz CT molecular complexity index is 843.